The van der Waals surface area contributed by atoms with Crippen molar-refractivity contribution in [3.05, 3.63) is 36.0 Å². The number of carbonyl (C=O) groups is 2. The van der Waals surface area contributed by atoms with Gasteiger partial charge in [0.25, 0.3) is 5.91 Å². The Morgan fingerprint density at radius 1 is 1.30 bits per heavy atom. The van der Waals surface area contributed by atoms with Gasteiger partial charge in [0.15, 0.2) is 0 Å². The van der Waals surface area contributed by atoms with Crippen LogP contribution in [0.4, 0.5) is 0 Å². The second-order valence-corrected chi connectivity index (χ2v) is 5.29. The van der Waals surface area contributed by atoms with Crippen molar-refractivity contribution in [1.82, 2.24) is 9.88 Å². The molecule has 0 unspecified atom stereocenters. The van der Waals surface area contributed by atoms with Crippen LogP contribution in [-0.4, -0.2) is 34.8 Å². The molecular weight excluding hydrogens is 254 g/mol. The smallest absolute Gasteiger partial charge is 0.255 e. The number of aromatic amines is 1. The zero-order chi connectivity index (χ0) is 14.7. The maximum Gasteiger partial charge on any atom is 0.255 e. The minimum atomic E-state index is -0.500. The van der Waals surface area contributed by atoms with Gasteiger partial charge in [-0.05, 0) is 24.1 Å². The lowest BCUT2D eigenvalue weighted by atomic mass is 10.1. The molecule has 1 heterocycles. The molecule has 20 heavy (non-hydrogen) atoms. The van der Waals surface area contributed by atoms with Crippen LogP contribution in [0.25, 0.3) is 10.9 Å². The molecule has 0 bridgehead atoms. The molecule has 0 saturated heterocycles. The number of rotatable bonds is 5. The van der Waals surface area contributed by atoms with Gasteiger partial charge >= 0.3 is 0 Å². The lowest BCUT2D eigenvalue weighted by Gasteiger charge is -2.23. The molecule has 5 nitrogen and oxygen atoms in total. The van der Waals surface area contributed by atoms with Crippen molar-refractivity contribution in [3.63, 3.8) is 0 Å². The van der Waals surface area contributed by atoms with Crippen LogP contribution < -0.4 is 5.73 Å². The van der Waals surface area contributed by atoms with E-state index in [4.69, 9.17) is 5.73 Å². The number of nitrogens with one attached hydrogen (secondary N) is 1. The van der Waals surface area contributed by atoms with Crippen molar-refractivity contribution in [2.45, 2.75) is 13.8 Å². The Morgan fingerprint density at radius 3 is 2.70 bits per heavy atom. The van der Waals surface area contributed by atoms with Crippen LogP contribution in [0.5, 0.6) is 0 Å². The number of hydrogen-bond acceptors (Lipinski definition) is 2. The summed E-state index contributed by atoms with van der Waals surface area (Å²) in [6.07, 6.45) is 1.79. The van der Waals surface area contributed by atoms with E-state index in [0.29, 0.717) is 12.1 Å². The molecule has 0 fully saturated rings. The predicted molar refractivity (Wildman–Crippen MR) is 78.2 cm³/mol. The van der Waals surface area contributed by atoms with Gasteiger partial charge < -0.3 is 15.6 Å². The Kier molecular flexibility index (Phi) is 4.08. The average Bonchev–Trinajstić information content (AvgIpc) is 2.83. The number of benzene rings is 1. The molecule has 106 valence electrons. The number of carbonyl (C=O) groups excluding carboxylic acids is 2. The molecule has 0 aliphatic heterocycles. The van der Waals surface area contributed by atoms with Gasteiger partial charge in [0.2, 0.25) is 5.91 Å². The van der Waals surface area contributed by atoms with Gasteiger partial charge in [0.1, 0.15) is 0 Å². The van der Waals surface area contributed by atoms with Gasteiger partial charge in [-0.15, -0.1) is 0 Å². The number of nitrogens with two attached hydrogens (primary N) is 1. The SMILES string of the molecule is CC(C)CN(CC(N)=O)C(=O)c1cccc2[nH]ccc12. The van der Waals surface area contributed by atoms with E-state index in [1.165, 1.54) is 4.90 Å². The van der Waals surface area contributed by atoms with Crippen LogP contribution in [-0.2, 0) is 4.79 Å². The van der Waals surface area contributed by atoms with Crippen molar-refractivity contribution >= 4 is 22.7 Å². The van der Waals surface area contributed by atoms with Crippen LogP contribution in [0.15, 0.2) is 30.5 Å². The summed E-state index contributed by atoms with van der Waals surface area (Å²) in [4.78, 5) is 28.4. The molecule has 2 amide bonds. The van der Waals surface area contributed by atoms with Gasteiger partial charge in [-0.2, -0.15) is 0 Å². The second-order valence-electron chi connectivity index (χ2n) is 5.29. The third-order valence-electron chi connectivity index (χ3n) is 3.04. The standard InChI is InChI=1S/C15H19N3O2/c1-10(2)8-18(9-14(16)19)15(20)12-4-3-5-13-11(12)6-7-17-13/h3-7,10,17H,8-9H2,1-2H3,(H2,16,19). The zero-order valence-corrected chi connectivity index (χ0v) is 11.7. The first-order valence-corrected chi connectivity index (χ1v) is 6.62. The van der Waals surface area contributed by atoms with Gasteiger partial charge in [0.05, 0.1) is 6.54 Å². The van der Waals surface area contributed by atoms with Gasteiger partial charge in [0, 0.05) is 29.2 Å². The van der Waals surface area contributed by atoms with Crippen LogP contribution in [0.1, 0.15) is 24.2 Å². The Hall–Kier alpha value is -2.30. The highest BCUT2D eigenvalue weighted by Crippen LogP contribution is 2.19. The maximum absolute atomic E-state index is 12.6. The fourth-order valence-electron chi connectivity index (χ4n) is 2.29. The van der Waals surface area contributed by atoms with Crippen molar-refractivity contribution in [2.75, 3.05) is 13.1 Å². The largest absolute Gasteiger partial charge is 0.368 e. The normalized spacial score (nSPS) is 10.9. The number of nitrogens with zero attached hydrogens (tertiary/aromatic N) is 1. The van der Waals surface area contributed by atoms with E-state index in [2.05, 4.69) is 4.98 Å². The van der Waals surface area contributed by atoms with Crippen molar-refractivity contribution in [1.29, 1.82) is 0 Å². The minimum absolute atomic E-state index is 0.0577. The first-order valence-electron chi connectivity index (χ1n) is 6.62. The summed E-state index contributed by atoms with van der Waals surface area (Å²) < 4.78 is 0. The lowest BCUT2D eigenvalue weighted by molar-refractivity contribution is -0.118. The van der Waals surface area contributed by atoms with E-state index in [0.717, 1.165) is 10.9 Å². The quantitative estimate of drug-likeness (QED) is 0.870. The van der Waals surface area contributed by atoms with Crippen molar-refractivity contribution < 1.29 is 9.59 Å². The molecule has 0 aliphatic rings. The van der Waals surface area contributed by atoms with Gasteiger partial charge in [-0.3, -0.25) is 9.59 Å². The number of hydrogen-bond donors (Lipinski definition) is 2. The third-order valence-corrected chi connectivity index (χ3v) is 3.04. The highest BCUT2D eigenvalue weighted by atomic mass is 16.2. The van der Waals surface area contributed by atoms with Crippen molar-refractivity contribution in [3.8, 4) is 0 Å². The maximum atomic E-state index is 12.6. The summed E-state index contributed by atoms with van der Waals surface area (Å²) in [5.41, 5.74) is 6.73. The van der Waals surface area contributed by atoms with E-state index in [1.54, 1.807) is 12.3 Å². The Balaban J connectivity index is 2.35. The first-order chi connectivity index (χ1) is 9.49. The van der Waals surface area contributed by atoms with Gasteiger partial charge in [-0.25, -0.2) is 0 Å². The van der Waals surface area contributed by atoms with Gasteiger partial charge in [-0.1, -0.05) is 19.9 Å². The number of amides is 2. The second kappa shape index (κ2) is 5.77. The van der Waals surface area contributed by atoms with Crippen LogP contribution in [0.2, 0.25) is 0 Å². The monoisotopic (exact) mass is 273 g/mol. The Morgan fingerprint density at radius 2 is 2.05 bits per heavy atom. The molecule has 1 aromatic heterocycles. The highest BCUT2D eigenvalue weighted by molar-refractivity contribution is 6.07. The molecular formula is C15H19N3O2. The predicted octanol–water partition coefficient (Wildman–Crippen LogP) is 1.75. The highest BCUT2D eigenvalue weighted by Gasteiger charge is 2.20. The molecule has 5 heteroatoms. The molecule has 1 aromatic carbocycles. The zero-order valence-electron chi connectivity index (χ0n) is 11.7. The number of aromatic nitrogens is 1. The van der Waals surface area contributed by atoms with E-state index in [9.17, 15) is 9.59 Å². The fourth-order valence-corrected chi connectivity index (χ4v) is 2.29. The van der Waals surface area contributed by atoms with Crippen LogP contribution in [0, 0.1) is 5.92 Å². The molecule has 0 aliphatic carbocycles. The van der Waals surface area contributed by atoms with Crippen LogP contribution in [0.3, 0.4) is 0 Å². The van der Waals surface area contributed by atoms with Crippen LogP contribution >= 0.6 is 0 Å². The summed E-state index contributed by atoms with van der Waals surface area (Å²) in [5, 5.41) is 0.857. The molecule has 0 radical (unpaired) electrons. The molecule has 2 rings (SSSR count). The molecule has 3 N–H and O–H groups in total. The summed E-state index contributed by atoms with van der Waals surface area (Å²) >= 11 is 0. The number of primary amides is 1. The average molecular weight is 273 g/mol. The van der Waals surface area contributed by atoms with E-state index >= 15 is 0 Å². The summed E-state index contributed by atoms with van der Waals surface area (Å²) in [6, 6.07) is 7.37. The number of H-pyrrole nitrogens is 1. The summed E-state index contributed by atoms with van der Waals surface area (Å²) in [5.74, 6) is -0.397. The molecule has 0 saturated carbocycles. The Bertz CT molecular complexity index is 631. The van der Waals surface area contributed by atoms with E-state index in [-0.39, 0.29) is 18.4 Å². The summed E-state index contributed by atoms with van der Waals surface area (Å²) in [6.45, 7) is 4.44. The minimum Gasteiger partial charge on any atom is -0.368 e. The number of fused-ring (bicyclic) bond motifs is 1. The topological polar surface area (TPSA) is 79.2 Å². The first kappa shape index (κ1) is 14.1. The molecule has 0 atom stereocenters. The van der Waals surface area contributed by atoms with Crippen molar-refractivity contribution in [2.24, 2.45) is 11.7 Å². The lowest BCUT2D eigenvalue weighted by Crippen LogP contribution is -2.40. The molecule has 0 spiro atoms. The Labute approximate surface area is 117 Å². The molecule has 2 aromatic rings. The summed E-state index contributed by atoms with van der Waals surface area (Å²) in [7, 11) is 0. The fraction of sp³-hybridized carbons (Fsp3) is 0.333. The van der Waals surface area contributed by atoms with E-state index < -0.39 is 5.91 Å². The third kappa shape index (κ3) is 2.99. The van der Waals surface area contributed by atoms with E-state index in [1.807, 2.05) is 32.0 Å².